The number of rotatable bonds is 1. The zero-order chi connectivity index (χ0) is 12.5. The van der Waals surface area contributed by atoms with Crippen molar-refractivity contribution in [3.8, 4) is 0 Å². The molecule has 3 unspecified atom stereocenters. The molecular weight excluding hydrogens is 228 g/mol. The fraction of sp³-hybridized carbons (Fsp3) is 0.786. The summed E-state index contributed by atoms with van der Waals surface area (Å²) in [5.41, 5.74) is 0. The SMILES string of the molecule is CN1CCOC(C(=O)N2CC3CC=CCC3C2)C1. The van der Waals surface area contributed by atoms with Crippen LogP contribution in [0.25, 0.3) is 0 Å². The van der Waals surface area contributed by atoms with E-state index in [1.807, 2.05) is 4.90 Å². The topological polar surface area (TPSA) is 32.8 Å². The molecule has 2 fully saturated rings. The molecule has 3 aliphatic rings. The Labute approximate surface area is 109 Å². The smallest absolute Gasteiger partial charge is 0.253 e. The molecule has 3 atom stereocenters. The van der Waals surface area contributed by atoms with Gasteiger partial charge in [-0.1, -0.05) is 12.2 Å². The Bertz CT molecular complexity index is 340. The Balaban J connectivity index is 1.60. The number of ether oxygens (including phenoxy) is 1. The first-order valence-electron chi connectivity index (χ1n) is 6.98. The summed E-state index contributed by atoms with van der Waals surface area (Å²) in [6, 6.07) is 0. The molecule has 1 amide bonds. The Morgan fingerprint density at radius 2 is 1.83 bits per heavy atom. The molecule has 1 aliphatic carbocycles. The fourth-order valence-corrected chi connectivity index (χ4v) is 3.33. The number of likely N-dealkylation sites (N-methyl/N-ethyl adjacent to an activating group) is 1. The lowest BCUT2D eigenvalue weighted by Crippen LogP contribution is -2.49. The summed E-state index contributed by atoms with van der Waals surface area (Å²) in [4.78, 5) is 16.7. The van der Waals surface area contributed by atoms with Gasteiger partial charge in [-0.2, -0.15) is 0 Å². The van der Waals surface area contributed by atoms with Crippen molar-refractivity contribution in [3.63, 3.8) is 0 Å². The monoisotopic (exact) mass is 250 g/mol. The number of nitrogens with zero attached hydrogens (tertiary/aromatic N) is 2. The van der Waals surface area contributed by atoms with Gasteiger partial charge in [-0.15, -0.1) is 0 Å². The number of fused-ring (bicyclic) bond motifs is 1. The molecule has 2 heterocycles. The molecule has 0 aromatic carbocycles. The predicted molar refractivity (Wildman–Crippen MR) is 69.2 cm³/mol. The van der Waals surface area contributed by atoms with Gasteiger partial charge in [-0.3, -0.25) is 4.79 Å². The summed E-state index contributed by atoms with van der Waals surface area (Å²) < 4.78 is 5.63. The van der Waals surface area contributed by atoms with Crippen molar-refractivity contribution in [1.29, 1.82) is 0 Å². The molecule has 0 bridgehead atoms. The van der Waals surface area contributed by atoms with E-state index in [4.69, 9.17) is 4.74 Å². The number of carbonyl (C=O) groups excluding carboxylic acids is 1. The highest BCUT2D eigenvalue weighted by Crippen LogP contribution is 2.33. The molecule has 0 N–H and O–H groups in total. The first-order valence-corrected chi connectivity index (χ1v) is 6.98. The first kappa shape index (κ1) is 12.2. The summed E-state index contributed by atoms with van der Waals surface area (Å²) in [6.45, 7) is 4.20. The van der Waals surface area contributed by atoms with E-state index in [0.29, 0.717) is 18.4 Å². The average Bonchev–Trinajstić information content (AvgIpc) is 2.81. The van der Waals surface area contributed by atoms with Crippen LogP contribution < -0.4 is 0 Å². The Morgan fingerprint density at radius 3 is 2.44 bits per heavy atom. The van der Waals surface area contributed by atoms with Gasteiger partial charge in [0.15, 0.2) is 0 Å². The second-order valence-electron chi connectivity index (χ2n) is 5.83. The fourth-order valence-electron chi connectivity index (χ4n) is 3.33. The molecule has 2 aliphatic heterocycles. The van der Waals surface area contributed by atoms with Crippen molar-refractivity contribution < 1.29 is 9.53 Å². The van der Waals surface area contributed by atoms with Crippen molar-refractivity contribution in [3.05, 3.63) is 12.2 Å². The number of hydrogen-bond donors (Lipinski definition) is 0. The van der Waals surface area contributed by atoms with Crippen LogP contribution >= 0.6 is 0 Å². The zero-order valence-corrected chi connectivity index (χ0v) is 11.0. The lowest BCUT2D eigenvalue weighted by molar-refractivity contribution is -0.147. The molecular formula is C14H22N2O2. The molecule has 100 valence electrons. The van der Waals surface area contributed by atoms with Crippen molar-refractivity contribution in [1.82, 2.24) is 9.80 Å². The van der Waals surface area contributed by atoms with Gasteiger partial charge in [0.1, 0.15) is 6.10 Å². The highest BCUT2D eigenvalue weighted by atomic mass is 16.5. The maximum absolute atomic E-state index is 12.4. The maximum atomic E-state index is 12.4. The third kappa shape index (κ3) is 2.31. The van der Waals surface area contributed by atoms with Gasteiger partial charge < -0.3 is 14.5 Å². The highest BCUT2D eigenvalue weighted by molar-refractivity contribution is 5.81. The van der Waals surface area contributed by atoms with Crippen LogP contribution in [-0.4, -0.2) is 61.6 Å². The van der Waals surface area contributed by atoms with Gasteiger partial charge in [0.25, 0.3) is 5.91 Å². The molecule has 2 saturated heterocycles. The predicted octanol–water partition coefficient (Wildman–Crippen LogP) is 0.742. The lowest BCUT2D eigenvalue weighted by Gasteiger charge is -2.31. The molecule has 0 spiro atoms. The molecule has 4 nitrogen and oxygen atoms in total. The van der Waals surface area contributed by atoms with Crippen molar-refractivity contribution in [2.24, 2.45) is 11.8 Å². The number of carbonyl (C=O) groups is 1. The minimum atomic E-state index is -0.239. The van der Waals surface area contributed by atoms with Crippen LogP contribution in [0, 0.1) is 11.8 Å². The van der Waals surface area contributed by atoms with E-state index in [0.717, 1.165) is 39.0 Å². The van der Waals surface area contributed by atoms with Gasteiger partial charge in [0, 0.05) is 26.2 Å². The maximum Gasteiger partial charge on any atom is 0.253 e. The van der Waals surface area contributed by atoms with Crippen LogP contribution in [0.5, 0.6) is 0 Å². The molecule has 3 rings (SSSR count). The number of likely N-dealkylation sites (tertiary alicyclic amines) is 1. The quantitative estimate of drug-likeness (QED) is 0.644. The van der Waals surface area contributed by atoms with Gasteiger partial charge in [-0.25, -0.2) is 0 Å². The summed E-state index contributed by atoms with van der Waals surface area (Å²) in [5, 5.41) is 0. The van der Waals surface area contributed by atoms with E-state index in [1.54, 1.807) is 0 Å². The summed E-state index contributed by atoms with van der Waals surface area (Å²) >= 11 is 0. The van der Waals surface area contributed by atoms with E-state index in [-0.39, 0.29) is 12.0 Å². The molecule has 0 saturated carbocycles. The van der Waals surface area contributed by atoms with Gasteiger partial charge in [0.2, 0.25) is 0 Å². The van der Waals surface area contributed by atoms with Crippen LogP contribution in [0.15, 0.2) is 12.2 Å². The largest absolute Gasteiger partial charge is 0.366 e. The number of allylic oxidation sites excluding steroid dienone is 2. The second-order valence-corrected chi connectivity index (χ2v) is 5.83. The molecule has 4 heteroatoms. The van der Waals surface area contributed by atoms with E-state index in [1.165, 1.54) is 0 Å². The van der Waals surface area contributed by atoms with E-state index in [2.05, 4.69) is 24.1 Å². The highest BCUT2D eigenvalue weighted by Gasteiger charge is 2.38. The van der Waals surface area contributed by atoms with Crippen LogP contribution in [0.1, 0.15) is 12.8 Å². The van der Waals surface area contributed by atoms with E-state index >= 15 is 0 Å². The van der Waals surface area contributed by atoms with Crippen LogP contribution in [-0.2, 0) is 9.53 Å². The average molecular weight is 250 g/mol. The lowest BCUT2D eigenvalue weighted by atomic mass is 9.86. The summed E-state index contributed by atoms with van der Waals surface area (Å²) in [7, 11) is 2.05. The summed E-state index contributed by atoms with van der Waals surface area (Å²) in [5.74, 6) is 1.57. The molecule has 18 heavy (non-hydrogen) atoms. The third-order valence-corrected chi connectivity index (χ3v) is 4.48. The minimum Gasteiger partial charge on any atom is -0.366 e. The first-order chi connectivity index (χ1) is 8.74. The van der Waals surface area contributed by atoms with Crippen molar-refractivity contribution >= 4 is 5.91 Å². The minimum absolute atomic E-state index is 0.205. The summed E-state index contributed by atoms with van der Waals surface area (Å²) in [6.07, 6.45) is 6.57. The number of amides is 1. The Hall–Kier alpha value is -0.870. The van der Waals surface area contributed by atoms with E-state index in [9.17, 15) is 4.79 Å². The molecule has 0 aromatic rings. The van der Waals surface area contributed by atoms with Crippen LogP contribution in [0.2, 0.25) is 0 Å². The third-order valence-electron chi connectivity index (χ3n) is 4.48. The second kappa shape index (κ2) is 5.02. The van der Waals surface area contributed by atoms with E-state index < -0.39 is 0 Å². The van der Waals surface area contributed by atoms with Crippen molar-refractivity contribution in [2.45, 2.75) is 18.9 Å². The van der Waals surface area contributed by atoms with Crippen molar-refractivity contribution in [2.75, 3.05) is 39.8 Å². The number of morpholine rings is 1. The number of hydrogen-bond acceptors (Lipinski definition) is 3. The Kier molecular flexibility index (Phi) is 3.39. The van der Waals surface area contributed by atoms with Gasteiger partial charge in [-0.05, 0) is 31.7 Å². The van der Waals surface area contributed by atoms with Crippen LogP contribution in [0.3, 0.4) is 0 Å². The van der Waals surface area contributed by atoms with Gasteiger partial charge >= 0.3 is 0 Å². The van der Waals surface area contributed by atoms with Gasteiger partial charge in [0.05, 0.1) is 6.61 Å². The molecule has 0 aromatic heterocycles. The Morgan fingerprint density at radius 1 is 1.17 bits per heavy atom. The standard InChI is InChI=1S/C14H22N2O2/c1-15-6-7-18-13(10-15)14(17)16-8-11-4-2-3-5-12(11)9-16/h2-3,11-13H,4-10H2,1H3. The normalized spacial score (nSPS) is 36.7. The van der Waals surface area contributed by atoms with Crippen LogP contribution in [0.4, 0.5) is 0 Å². The zero-order valence-electron chi connectivity index (χ0n) is 11.0. The molecule has 0 radical (unpaired) electrons.